The minimum absolute atomic E-state index is 0.0582. The second-order valence-electron chi connectivity index (χ2n) is 6.78. The molecule has 28 heavy (non-hydrogen) atoms. The molecule has 1 atom stereocenters. The number of rotatable bonds is 3. The van der Waals surface area contributed by atoms with Crippen molar-refractivity contribution in [2.75, 3.05) is 16.3 Å². The van der Waals surface area contributed by atoms with Gasteiger partial charge in [0.05, 0.1) is 12.0 Å². The predicted molar refractivity (Wildman–Crippen MR) is 104 cm³/mol. The standard InChI is InChI=1S/C22H19FN2O3/c1-14-7-5-10-17(15(14)2)24-13-20(26)25(18-9-4-3-8-16(18)23)21(22(24)27)19-11-6-12-28-19/h3-12,21H,13H2,1-2H3/t21-/m0/s1. The molecule has 0 aliphatic carbocycles. The van der Waals surface area contributed by atoms with Gasteiger partial charge in [-0.25, -0.2) is 4.39 Å². The van der Waals surface area contributed by atoms with Crippen LogP contribution in [-0.2, 0) is 9.59 Å². The Kier molecular flexibility index (Phi) is 4.47. The second kappa shape index (κ2) is 6.96. The van der Waals surface area contributed by atoms with Crippen LogP contribution in [0.5, 0.6) is 0 Å². The molecule has 1 aliphatic heterocycles. The summed E-state index contributed by atoms with van der Waals surface area (Å²) >= 11 is 0. The van der Waals surface area contributed by atoms with Crippen LogP contribution >= 0.6 is 0 Å². The van der Waals surface area contributed by atoms with Gasteiger partial charge in [-0.3, -0.25) is 14.5 Å². The number of nitrogens with zero attached hydrogens (tertiary/aromatic N) is 2. The lowest BCUT2D eigenvalue weighted by atomic mass is 10.0. The van der Waals surface area contributed by atoms with E-state index in [-0.39, 0.29) is 29.8 Å². The number of amides is 2. The van der Waals surface area contributed by atoms with E-state index in [1.807, 2.05) is 32.0 Å². The molecule has 0 saturated carbocycles. The van der Waals surface area contributed by atoms with Crippen LogP contribution in [0.1, 0.15) is 22.9 Å². The van der Waals surface area contributed by atoms with Gasteiger partial charge in [0.2, 0.25) is 5.91 Å². The zero-order valence-electron chi connectivity index (χ0n) is 15.6. The maximum absolute atomic E-state index is 14.5. The van der Waals surface area contributed by atoms with E-state index < -0.39 is 11.9 Å². The van der Waals surface area contributed by atoms with Crippen LogP contribution in [0.25, 0.3) is 0 Å². The Morgan fingerprint density at radius 2 is 1.71 bits per heavy atom. The lowest BCUT2D eigenvalue weighted by molar-refractivity contribution is -0.129. The fourth-order valence-corrected chi connectivity index (χ4v) is 3.54. The Bertz CT molecular complexity index is 1050. The summed E-state index contributed by atoms with van der Waals surface area (Å²) < 4.78 is 19.9. The molecule has 1 fully saturated rings. The number of aryl methyl sites for hydroxylation is 1. The first-order valence-corrected chi connectivity index (χ1v) is 8.96. The number of carbonyl (C=O) groups is 2. The maximum atomic E-state index is 14.5. The van der Waals surface area contributed by atoms with Gasteiger partial charge >= 0.3 is 0 Å². The zero-order chi connectivity index (χ0) is 19.8. The average molecular weight is 378 g/mol. The topological polar surface area (TPSA) is 53.8 Å². The summed E-state index contributed by atoms with van der Waals surface area (Å²) in [6.07, 6.45) is 1.43. The molecule has 1 aliphatic rings. The molecule has 5 nitrogen and oxygen atoms in total. The molecule has 2 amide bonds. The van der Waals surface area contributed by atoms with Crippen LogP contribution in [0.3, 0.4) is 0 Å². The lowest BCUT2D eigenvalue weighted by Gasteiger charge is -2.40. The number of hydrogen-bond donors (Lipinski definition) is 0. The van der Waals surface area contributed by atoms with E-state index >= 15 is 0 Å². The maximum Gasteiger partial charge on any atom is 0.258 e. The van der Waals surface area contributed by atoms with E-state index in [9.17, 15) is 14.0 Å². The lowest BCUT2D eigenvalue weighted by Crippen LogP contribution is -2.56. The molecule has 0 bridgehead atoms. The highest BCUT2D eigenvalue weighted by Crippen LogP contribution is 2.36. The Hall–Kier alpha value is -3.41. The number of anilines is 2. The van der Waals surface area contributed by atoms with E-state index in [0.717, 1.165) is 11.1 Å². The highest BCUT2D eigenvalue weighted by molar-refractivity contribution is 6.14. The van der Waals surface area contributed by atoms with E-state index in [0.29, 0.717) is 5.69 Å². The summed E-state index contributed by atoms with van der Waals surface area (Å²) in [5, 5.41) is 0. The first-order chi connectivity index (χ1) is 13.5. The summed E-state index contributed by atoms with van der Waals surface area (Å²) in [5.41, 5.74) is 2.66. The van der Waals surface area contributed by atoms with Crippen molar-refractivity contribution in [1.82, 2.24) is 0 Å². The Balaban J connectivity index is 1.84. The molecule has 142 valence electrons. The van der Waals surface area contributed by atoms with Gasteiger partial charge in [-0.2, -0.15) is 0 Å². The molecule has 0 radical (unpaired) electrons. The average Bonchev–Trinajstić information content (AvgIpc) is 3.20. The monoisotopic (exact) mass is 378 g/mol. The number of hydrogen-bond acceptors (Lipinski definition) is 3. The van der Waals surface area contributed by atoms with Crippen LogP contribution in [0, 0.1) is 19.7 Å². The smallest absolute Gasteiger partial charge is 0.258 e. The summed E-state index contributed by atoms with van der Waals surface area (Å²) in [4.78, 5) is 29.2. The van der Waals surface area contributed by atoms with Gasteiger partial charge < -0.3 is 9.32 Å². The molecule has 3 aromatic rings. The normalized spacial score (nSPS) is 17.3. The van der Waals surface area contributed by atoms with Crippen LogP contribution in [0.2, 0.25) is 0 Å². The summed E-state index contributed by atoms with van der Waals surface area (Å²) in [6.45, 7) is 3.69. The third-order valence-corrected chi connectivity index (χ3v) is 5.11. The Morgan fingerprint density at radius 1 is 0.964 bits per heavy atom. The van der Waals surface area contributed by atoms with Crippen molar-refractivity contribution in [3.8, 4) is 0 Å². The van der Waals surface area contributed by atoms with Crippen molar-refractivity contribution < 1.29 is 18.4 Å². The van der Waals surface area contributed by atoms with Crippen LogP contribution < -0.4 is 9.80 Å². The van der Waals surface area contributed by atoms with Crippen molar-refractivity contribution in [3.05, 3.63) is 83.6 Å². The molecule has 2 aromatic carbocycles. The molecule has 4 rings (SSSR count). The zero-order valence-corrected chi connectivity index (χ0v) is 15.6. The summed E-state index contributed by atoms with van der Waals surface area (Å²) in [6, 6.07) is 13.7. The summed E-state index contributed by atoms with van der Waals surface area (Å²) in [5.74, 6) is -1.00. The molecule has 1 aromatic heterocycles. The van der Waals surface area contributed by atoms with Crippen molar-refractivity contribution in [2.24, 2.45) is 0 Å². The van der Waals surface area contributed by atoms with Crippen molar-refractivity contribution in [1.29, 1.82) is 0 Å². The van der Waals surface area contributed by atoms with Gasteiger partial charge in [-0.1, -0.05) is 24.3 Å². The second-order valence-corrected chi connectivity index (χ2v) is 6.78. The Morgan fingerprint density at radius 3 is 2.43 bits per heavy atom. The fourth-order valence-electron chi connectivity index (χ4n) is 3.54. The van der Waals surface area contributed by atoms with Gasteiger partial charge in [-0.15, -0.1) is 0 Å². The number of para-hydroxylation sites is 1. The quantitative estimate of drug-likeness (QED) is 0.688. The van der Waals surface area contributed by atoms with Crippen LogP contribution in [0.4, 0.5) is 15.8 Å². The first kappa shape index (κ1) is 18.0. The molecular formula is C22H19FN2O3. The molecule has 6 heteroatoms. The van der Waals surface area contributed by atoms with Gasteiger partial charge in [0.1, 0.15) is 18.1 Å². The van der Waals surface area contributed by atoms with Gasteiger partial charge in [0, 0.05) is 5.69 Å². The Labute approximate surface area is 162 Å². The van der Waals surface area contributed by atoms with Crippen molar-refractivity contribution in [2.45, 2.75) is 19.9 Å². The van der Waals surface area contributed by atoms with Gasteiger partial charge in [0.25, 0.3) is 5.91 Å². The molecular weight excluding hydrogens is 359 g/mol. The first-order valence-electron chi connectivity index (χ1n) is 8.96. The fraction of sp³-hybridized carbons (Fsp3) is 0.182. The van der Waals surface area contributed by atoms with E-state index in [1.165, 1.54) is 28.2 Å². The predicted octanol–water partition coefficient (Wildman–Crippen LogP) is 4.16. The third-order valence-electron chi connectivity index (χ3n) is 5.11. The molecule has 0 N–H and O–H groups in total. The number of carbonyl (C=O) groups excluding carboxylic acids is 2. The highest BCUT2D eigenvalue weighted by atomic mass is 19.1. The molecule has 0 spiro atoms. The van der Waals surface area contributed by atoms with Gasteiger partial charge in [0.15, 0.2) is 6.04 Å². The molecule has 2 heterocycles. The highest BCUT2D eigenvalue weighted by Gasteiger charge is 2.44. The number of furan rings is 1. The van der Waals surface area contributed by atoms with E-state index in [2.05, 4.69) is 0 Å². The minimum atomic E-state index is -1.08. The SMILES string of the molecule is Cc1cccc(N2CC(=O)N(c3ccccc3F)[C@@H](c3ccco3)C2=O)c1C. The van der Waals surface area contributed by atoms with Crippen LogP contribution in [-0.4, -0.2) is 18.4 Å². The molecule has 0 unspecified atom stereocenters. The summed E-state index contributed by atoms with van der Waals surface area (Å²) in [7, 11) is 0. The van der Waals surface area contributed by atoms with E-state index in [4.69, 9.17) is 4.42 Å². The van der Waals surface area contributed by atoms with Crippen molar-refractivity contribution >= 4 is 23.2 Å². The van der Waals surface area contributed by atoms with Crippen LogP contribution in [0.15, 0.2) is 65.3 Å². The van der Waals surface area contributed by atoms with E-state index in [1.54, 1.807) is 24.3 Å². The third kappa shape index (κ3) is 2.87. The van der Waals surface area contributed by atoms with Crippen molar-refractivity contribution in [3.63, 3.8) is 0 Å². The minimum Gasteiger partial charge on any atom is -0.467 e. The molecule has 1 saturated heterocycles. The number of piperazine rings is 1. The number of benzene rings is 2. The largest absolute Gasteiger partial charge is 0.467 e. The van der Waals surface area contributed by atoms with Gasteiger partial charge in [-0.05, 0) is 55.3 Å². The number of halogens is 1.